The van der Waals surface area contributed by atoms with Crippen LogP contribution in [0.3, 0.4) is 0 Å². The molecule has 2 heteroatoms. The Balaban J connectivity index is 2.06. The molecule has 0 bridgehead atoms. The third kappa shape index (κ3) is 1.87. The van der Waals surface area contributed by atoms with Crippen LogP contribution in [0.25, 0.3) is 11.0 Å². The van der Waals surface area contributed by atoms with Crippen LogP contribution in [-0.4, -0.2) is 13.1 Å². The normalized spacial score (nSPS) is 17.8. The van der Waals surface area contributed by atoms with Crippen LogP contribution in [0, 0.1) is 13.8 Å². The van der Waals surface area contributed by atoms with E-state index in [4.69, 9.17) is 4.42 Å². The third-order valence-corrected chi connectivity index (χ3v) is 3.86. The van der Waals surface area contributed by atoms with Crippen molar-refractivity contribution in [2.45, 2.75) is 32.6 Å². The van der Waals surface area contributed by atoms with E-state index in [2.05, 4.69) is 37.4 Å². The summed E-state index contributed by atoms with van der Waals surface area (Å²) in [7, 11) is 0. The van der Waals surface area contributed by atoms with Crippen LogP contribution in [0.15, 0.2) is 22.6 Å². The van der Waals surface area contributed by atoms with Gasteiger partial charge in [0.1, 0.15) is 11.3 Å². The third-order valence-electron chi connectivity index (χ3n) is 3.86. The maximum Gasteiger partial charge on any atom is 0.137 e. The highest BCUT2D eigenvalue weighted by Crippen LogP contribution is 2.33. The molecule has 2 aromatic rings. The van der Waals surface area contributed by atoms with Crippen LogP contribution in [0.1, 0.15) is 35.6 Å². The highest BCUT2D eigenvalue weighted by atomic mass is 16.3. The summed E-state index contributed by atoms with van der Waals surface area (Å²) in [5.41, 5.74) is 3.64. The van der Waals surface area contributed by atoms with Gasteiger partial charge in [0.25, 0.3) is 0 Å². The van der Waals surface area contributed by atoms with Gasteiger partial charge in [0.15, 0.2) is 0 Å². The molecule has 0 amide bonds. The Kier molecular flexibility index (Phi) is 2.67. The highest BCUT2D eigenvalue weighted by molar-refractivity contribution is 5.84. The van der Waals surface area contributed by atoms with Crippen LogP contribution in [0.4, 0.5) is 0 Å². The van der Waals surface area contributed by atoms with Crippen LogP contribution >= 0.6 is 0 Å². The Hall–Kier alpha value is -1.28. The number of hydrogen-bond donors (Lipinski definition) is 1. The van der Waals surface area contributed by atoms with E-state index in [1.54, 1.807) is 0 Å². The van der Waals surface area contributed by atoms with Crippen LogP contribution in [0.2, 0.25) is 0 Å². The fourth-order valence-electron chi connectivity index (χ4n) is 2.72. The molecule has 17 heavy (non-hydrogen) atoms. The van der Waals surface area contributed by atoms with Gasteiger partial charge in [-0.05, 0) is 57.0 Å². The highest BCUT2D eigenvalue weighted by Gasteiger charge is 2.19. The fourth-order valence-corrected chi connectivity index (χ4v) is 2.72. The topological polar surface area (TPSA) is 25.2 Å². The number of benzene rings is 1. The van der Waals surface area contributed by atoms with E-state index >= 15 is 0 Å². The Bertz CT molecular complexity index is 496. The van der Waals surface area contributed by atoms with Crippen molar-refractivity contribution in [3.8, 4) is 0 Å². The van der Waals surface area contributed by atoms with Gasteiger partial charge in [-0.1, -0.05) is 12.1 Å². The number of piperidine rings is 1. The van der Waals surface area contributed by atoms with E-state index in [-0.39, 0.29) is 0 Å². The van der Waals surface area contributed by atoms with Crippen molar-refractivity contribution >= 4 is 11.0 Å². The minimum Gasteiger partial charge on any atom is -0.460 e. The Morgan fingerprint density at radius 3 is 2.53 bits per heavy atom. The standard InChI is InChI=1S/C15H19NO/c1-10-3-4-11(2)15-13(10)9-14(17-15)12-5-7-16-8-6-12/h3-4,9,12,16H,5-8H2,1-2H3. The summed E-state index contributed by atoms with van der Waals surface area (Å²) >= 11 is 0. The van der Waals surface area contributed by atoms with Crippen molar-refractivity contribution in [3.63, 3.8) is 0 Å². The Morgan fingerprint density at radius 2 is 1.82 bits per heavy atom. The van der Waals surface area contributed by atoms with E-state index in [0.717, 1.165) is 18.7 Å². The van der Waals surface area contributed by atoms with E-state index in [0.29, 0.717) is 5.92 Å². The smallest absolute Gasteiger partial charge is 0.137 e. The molecular weight excluding hydrogens is 210 g/mol. The number of hydrogen-bond acceptors (Lipinski definition) is 2. The average Bonchev–Trinajstić information content (AvgIpc) is 2.81. The van der Waals surface area contributed by atoms with Gasteiger partial charge in [0, 0.05) is 11.3 Å². The second-order valence-electron chi connectivity index (χ2n) is 5.12. The first-order valence-electron chi connectivity index (χ1n) is 6.46. The fraction of sp³-hybridized carbons (Fsp3) is 0.467. The van der Waals surface area contributed by atoms with Gasteiger partial charge in [-0.2, -0.15) is 0 Å². The summed E-state index contributed by atoms with van der Waals surface area (Å²) in [5.74, 6) is 1.78. The maximum absolute atomic E-state index is 6.09. The SMILES string of the molecule is Cc1ccc(C)c2oc(C3CCNCC3)cc12. The van der Waals surface area contributed by atoms with Crippen LogP contribution < -0.4 is 5.32 Å². The van der Waals surface area contributed by atoms with Crippen molar-refractivity contribution in [1.82, 2.24) is 5.32 Å². The van der Waals surface area contributed by atoms with Crippen LogP contribution in [0.5, 0.6) is 0 Å². The molecule has 1 aliphatic heterocycles. The summed E-state index contributed by atoms with van der Waals surface area (Å²) in [6.07, 6.45) is 2.38. The average molecular weight is 229 g/mol. The molecule has 0 aliphatic carbocycles. The predicted octanol–water partition coefficient (Wildman–Crippen LogP) is 3.52. The summed E-state index contributed by atoms with van der Waals surface area (Å²) in [6.45, 7) is 6.50. The van der Waals surface area contributed by atoms with Crippen LogP contribution in [-0.2, 0) is 0 Å². The summed E-state index contributed by atoms with van der Waals surface area (Å²) in [4.78, 5) is 0. The number of fused-ring (bicyclic) bond motifs is 1. The van der Waals surface area contributed by atoms with Gasteiger partial charge in [-0.3, -0.25) is 0 Å². The van der Waals surface area contributed by atoms with Gasteiger partial charge in [0.2, 0.25) is 0 Å². The monoisotopic (exact) mass is 229 g/mol. The van der Waals surface area contributed by atoms with Gasteiger partial charge >= 0.3 is 0 Å². The molecule has 1 aliphatic rings. The Labute approximate surface area is 102 Å². The summed E-state index contributed by atoms with van der Waals surface area (Å²) in [5, 5.41) is 4.69. The lowest BCUT2D eigenvalue weighted by Crippen LogP contribution is -2.26. The second-order valence-corrected chi connectivity index (χ2v) is 5.12. The number of rotatable bonds is 1. The van der Waals surface area contributed by atoms with E-state index in [1.165, 1.54) is 35.1 Å². The minimum absolute atomic E-state index is 0.599. The minimum atomic E-state index is 0.599. The molecule has 0 spiro atoms. The Morgan fingerprint density at radius 1 is 1.12 bits per heavy atom. The molecule has 1 saturated heterocycles. The zero-order chi connectivity index (χ0) is 11.8. The maximum atomic E-state index is 6.09. The summed E-state index contributed by atoms with van der Waals surface area (Å²) in [6, 6.07) is 6.58. The zero-order valence-electron chi connectivity index (χ0n) is 10.5. The van der Waals surface area contributed by atoms with E-state index in [9.17, 15) is 0 Å². The predicted molar refractivity (Wildman–Crippen MR) is 70.5 cm³/mol. The van der Waals surface area contributed by atoms with Gasteiger partial charge in [-0.15, -0.1) is 0 Å². The first-order valence-corrected chi connectivity index (χ1v) is 6.46. The molecule has 2 heterocycles. The van der Waals surface area contributed by atoms with E-state index in [1.807, 2.05) is 0 Å². The lowest BCUT2D eigenvalue weighted by atomic mass is 9.95. The molecule has 2 nitrogen and oxygen atoms in total. The second kappa shape index (κ2) is 4.19. The summed E-state index contributed by atoms with van der Waals surface area (Å²) < 4.78 is 6.09. The first kappa shape index (κ1) is 10.8. The van der Waals surface area contributed by atoms with Crippen molar-refractivity contribution in [1.29, 1.82) is 0 Å². The molecule has 1 fully saturated rings. The molecule has 0 unspecified atom stereocenters. The van der Waals surface area contributed by atoms with Gasteiger partial charge in [0.05, 0.1) is 0 Å². The lowest BCUT2D eigenvalue weighted by molar-refractivity contribution is 0.397. The molecule has 0 atom stereocenters. The lowest BCUT2D eigenvalue weighted by Gasteiger charge is -2.20. The van der Waals surface area contributed by atoms with Crippen molar-refractivity contribution in [3.05, 3.63) is 35.1 Å². The number of aryl methyl sites for hydroxylation is 2. The quantitative estimate of drug-likeness (QED) is 0.809. The number of nitrogens with one attached hydrogen (secondary N) is 1. The zero-order valence-corrected chi connectivity index (χ0v) is 10.5. The number of furan rings is 1. The van der Waals surface area contributed by atoms with Gasteiger partial charge in [-0.25, -0.2) is 0 Å². The molecule has 1 N–H and O–H groups in total. The van der Waals surface area contributed by atoms with Crippen molar-refractivity contribution in [2.24, 2.45) is 0 Å². The molecule has 0 saturated carbocycles. The first-order chi connectivity index (χ1) is 8.25. The molecule has 1 aromatic carbocycles. The molecule has 1 aromatic heterocycles. The molecule has 3 rings (SSSR count). The molecule has 0 radical (unpaired) electrons. The largest absolute Gasteiger partial charge is 0.460 e. The molecular formula is C15H19NO. The van der Waals surface area contributed by atoms with Gasteiger partial charge < -0.3 is 9.73 Å². The molecule has 90 valence electrons. The van der Waals surface area contributed by atoms with Crippen molar-refractivity contribution < 1.29 is 4.42 Å². The van der Waals surface area contributed by atoms with Crippen molar-refractivity contribution in [2.75, 3.05) is 13.1 Å². The van der Waals surface area contributed by atoms with E-state index < -0.39 is 0 Å².